The summed E-state index contributed by atoms with van der Waals surface area (Å²) >= 11 is 0. The molecule has 0 spiro atoms. The smallest absolute Gasteiger partial charge is 0.220 e. The molecule has 1 aliphatic rings. The van der Waals surface area contributed by atoms with Crippen LogP contribution in [-0.2, 0) is 21.4 Å². The topological polar surface area (TPSA) is 56.8 Å². The number of halogens is 1. The van der Waals surface area contributed by atoms with Crippen molar-refractivity contribution < 1.29 is 23.4 Å². The van der Waals surface area contributed by atoms with Gasteiger partial charge in [-0.1, -0.05) is 12.1 Å². The second kappa shape index (κ2) is 9.74. The van der Waals surface area contributed by atoms with Gasteiger partial charge in [-0.2, -0.15) is 0 Å². The van der Waals surface area contributed by atoms with Gasteiger partial charge in [0.25, 0.3) is 0 Å². The Labute approximate surface area is 171 Å². The Balaban J connectivity index is 1.64. The van der Waals surface area contributed by atoms with Gasteiger partial charge in [-0.15, -0.1) is 0 Å². The van der Waals surface area contributed by atoms with Crippen LogP contribution in [0.3, 0.4) is 0 Å². The number of ether oxygens (including phenoxy) is 3. The maximum absolute atomic E-state index is 13.8. The summed E-state index contributed by atoms with van der Waals surface area (Å²) in [6.07, 6.45) is 2.38. The van der Waals surface area contributed by atoms with Crippen molar-refractivity contribution in [1.29, 1.82) is 0 Å². The Hall–Kier alpha value is -2.60. The molecule has 1 heterocycles. The lowest BCUT2D eigenvalue weighted by Gasteiger charge is -2.38. The molecule has 0 unspecified atom stereocenters. The summed E-state index contributed by atoms with van der Waals surface area (Å²) in [6, 6.07) is 12.2. The largest absolute Gasteiger partial charge is 0.497 e. The number of methoxy groups -OCH3 is 2. The molecular formula is C23H28FNO4. The second-order valence-electron chi connectivity index (χ2n) is 7.36. The Bertz CT molecular complexity index is 833. The third-order valence-corrected chi connectivity index (χ3v) is 5.62. The average molecular weight is 401 g/mol. The first-order valence-corrected chi connectivity index (χ1v) is 9.88. The Kier molecular flexibility index (Phi) is 7.09. The SMILES string of the molecule is COc1ccc(OC)c(CCC(=O)NCC2(c3cccc(F)c3)CCOCC2)c1. The summed E-state index contributed by atoms with van der Waals surface area (Å²) in [5, 5.41) is 3.06. The number of aryl methyl sites for hydroxylation is 1. The van der Waals surface area contributed by atoms with Crippen LogP contribution in [0.25, 0.3) is 0 Å². The zero-order chi connectivity index (χ0) is 20.7. The first-order valence-electron chi connectivity index (χ1n) is 9.88. The molecular weight excluding hydrogens is 373 g/mol. The third kappa shape index (κ3) is 5.26. The molecule has 0 atom stereocenters. The van der Waals surface area contributed by atoms with Gasteiger partial charge in [0.1, 0.15) is 17.3 Å². The molecule has 0 radical (unpaired) electrons. The number of amides is 1. The van der Waals surface area contributed by atoms with Crippen LogP contribution in [0.4, 0.5) is 4.39 Å². The highest BCUT2D eigenvalue weighted by molar-refractivity contribution is 5.76. The monoisotopic (exact) mass is 401 g/mol. The van der Waals surface area contributed by atoms with Crippen molar-refractivity contribution in [2.45, 2.75) is 31.1 Å². The zero-order valence-corrected chi connectivity index (χ0v) is 17.0. The van der Waals surface area contributed by atoms with Gasteiger partial charge in [-0.05, 0) is 60.7 Å². The number of hydrogen-bond acceptors (Lipinski definition) is 4. The van der Waals surface area contributed by atoms with Crippen LogP contribution in [0, 0.1) is 5.82 Å². The lowest BCUT2D eigenvalue weighted by Crippen LogP contribution is -2.44. The molecule has 1 amide bonds. The van der Waals surface area contributed by atoms with Crippen LogP contribution in [0.2, 0.25) is 0 Å². The van der Waals surface area contributed by atoms with Gasteiger partial charge >= 0.3 is 0 Å². The molecule has 5 nitrogen and oxygen atoms in total. The number of hydrogen-bond donors (Lipinski definition) is 1. The van der Waals surface area contributed by atoms with E-state index in [2.05, 4.69) is 5.32 Å². The van der Waals surface area contributed by atoms with Crippen LogP contribution in [0.15, 0.2) is 42.5 Å². The molecule has 1 N–H and O–H groups in total. The first-order chi connectivity index (χ1) is 14.1. The van der Waals surface area contributed by atoms with Gasteiger partial charge < -0.3 is 19.5 Å². The zero-order valence-electron chi connectivity index (χ0n) is 17.0. The summed E-state index contributed by atoms with van der Waals surface area (Å²) in [5.74, 6) is 1.16. The first kappa shape index (κ1) is 21.1. The number of nitrogens with one attached hydrogen (secondary N) is 1. The van der Waals surface area contributed by atoms with E-state index in [4.69, 9.17) is 14.2 Å². The van der Waals surface area contributed by atoms with E-state index in [1.54, 1.807) is 26.4 Å². The van der Waals surface area contributed by atoms with Gasteiger partial charge in [0.05, 0.1) is 14.2 Å². The quantitative estimate of drug-likeness (QED) is 0.734. The van der Waals surface area contributed by atoms with Crippen molar-refractivity contribution in [3.8, 4) is 11.5 Å². The van der Waals surface area contributed by atoms with Crippen LogP contribution in [-0.4, -0.2) is 39.9 Å². The van der Waals surface area contributed by atoms with Crippen molar-refractivity contribution in [3.05, 3.63) is 59.4 Å². The van der Waals surface area contributed by atoms with Crippen LogP contribution in [0.5, 0.6) is 11.5 Å². The van der Waals surface area contributed by atoms with Crippen LogP contribution in [0.1, 0.15) is 30.4 Å². The van der Waals surface area contributed by atoms with E-state index in [1.165, 1.54) is 6.07 Å². The van der Waals surface area contributed by atoms with Gasteiger partial charge in [0.15, 0.2) is 0 Å². The van der Waals surface area contributed by atoms with E-state index in [0.29, 0.717) is 32.6 Å². The fourth-order valence-electron chi connectivity index (χ4n) is 3.83. The molecule has 0 saturated carbocycles. The van der Waals surface area contributed by atoms with Gasteiger partial charge in [0, 0.05) is 31.6 Å². The van der Waals surface area contributed by atoms with E-state index in [-0.39, 0.29) is 17.1 Å². The number of carbonyl (C=O) groups excluding carboxylic acids is 1. The molecule has 1 aliphatic heterocycles. The standard InChI is InChI=1S/C23H28FNO4/c1-27-20-7-8-21(28-2)17(14-20)6-9-22(26)25-16-23(10-12-29-13-11-23)18-4-3-5-19(24)15-18/h3-5,7-8,14-15H,6,9-13,16H2,1-2H3,(H,25,26). The molecule has 0 aliphatic carbocycles. The summed E-state index contributed by atoms with van der Waals surface area (Å²) in [7, 11) is 3.22. The highest BCUT2D eigenvalue weighted by Crippen LogP contribution is 2.34. The minimum Gasteiger partial charge on any atom is -0.497 e. The van der Waals surface area contributed by atoms with Crippen LogP contribution < -0.4 is 14.8 Å². The van der Waals surface area contributed by atoms with Gasteiger partial charge in [-0.3, -0.25) is 4.79 Å². The highest BCUT2D eigenvalue weighted by Gasteiger charge is 2.35. The molecule has 1 fully saturated rings. The molecule has 156 valence electrons. The summed E-state index contributed by atoms with van der Waals surface area (Å²) in [5.41, 5.74) is 1.53. The number of rotatable bonds is 8. The fourth-order valence-corrected chi connectivity index (χ4v) is 3.83. The molecule has 3 rings (SSSR count). The number of carbonyl (C=O) groups is 1. The van der Waals surface area contributed by atoms with Crippen molar-refractivity contribution in [2.75, 3.05) is 34.0 Å². The average Bonchev–Trinajstić information content (AvgIpc) is 2.76. The Morgan fingerprint density at radius 2 is 1.93 bits per heavy atom. The highest BCUT2D eigenvalue weighted by atomic mass is 19.1. The van der Waals surface area contributed by atoms with Crippen molar-refractivity contribution >= 4 is 5.91 Å². The third-order valence-electron chi connectivity index (χ3n) is 5.62. The Morgan fingerprint density at radius 1 is 1.14 bits per heavy atom. The Morgan fingerprint density at radius 3 is 2.62 bits per heavy atom. The van der Waals surface area contributed by atoms with Crippen molar-refractivity contribution in [3.63, 3.8) is 0 Å². The molecule has 2 aromatic carbocycles. The van der Waals surface area contributed by atoms with E-state index in [1.807, 2.05) is 24.3 Å². The number of benzene rings is 2. The fraction of sp³-hybridized carbons (Fsp3) is 0.435. The van der Waals surface area contributed by atoms with Gasteiger partial charge in [0.2, 0.25) is 5.91 Å². The summed E-state index contributed by atoms with van der Waals surface area (Å²) in [4.78, 5) is 12.6. The second-order valence-corrected chi connectivity index (χ2v) is 7.36. The van der Waals surface area contributed by atoms with E-state index in [0.717, 1.165) is 35.5 Å². The van der Waals surface area contributed by atoms with E-state index < -0.39 is 0 Å². The normalized spacial score (nSPS) is 15.6. The molecule has 29 heavy (non-hydrogen) atoms. The maximum Gasteiger partial charge on any atom is 0.220 e. The minimum absolute atomic E-state index is 0.0443. The predicted molar refractivity (Wildman–Crippen MR) is 109 cm³/mol. The maximum atomic E-state index is 13.8. The van der Waals surface area contributed by atoms with Gasteiger partial charge in [-0.25, -0.2) is 4.39 Å². The van der Waals surface area contributed by atoms with E-state index >= 15 is 0 Å². The molecule has 0 bridgehead atoms. The van der Waals surface area contributed by atoms with Crippen LogP contribution >= 0.6 is 0 Å². The van der Waals surface area contributed by atoms with Crippen molar-refractivity contribution in [1.82, 2.24) is 5.32 Å². The molecule has 0 aromatic heterocycles. The predicted octanol–water partition coefficient (Wildman–Crippen LogP) is 3.64. The molecule has 1 saturated heterocycles. The summed E-state index contributed by atoms with van der Waals surface area (Å²) < 4.78 is 29.9. The van der Waals surface area contributed by atoms with E-state index in [9.17, 15) is 9.18 Å². The lowest BCUT2D eigenvalue weighted by molar-refractivity contribution is -0.121. The molecule has 6 heteroatoms. The molecule has 2 aromatic rings. The summed E-state index contributed by atoms with van der Waals surface area (Å²) in [6.45, 7) is 1.68. The van der Waals surface area contributed by atoms with Crippen molar-refractivity contribution in [2.24, 2.45) is 0 Å². The lowest BCUT2D eigenvalue weighted by atomic mass is 9.74. The minimum atomic E-state index is -0.302.